The molecule has 0 saturated carbocycles. The lowest BCUT2D eigenvalue weighted by atomic mass is 9.90. The van der Waals surface area contributed by atoms with Gasteiger partial charge in [0.05, 0.1) is 24.4 Å². The maximum absolute atomic E-state index is 13.1. The summed E-state index contributed by atoms with van der Waals surface area (Å²) in [6.45, 7) is 5.23. The van der Waals surface area contributed by atoms with Crippen molar-refractivity contribution < 1.29 is 19.1 Å². The van der Waals surface area contributed by atoms with Crippen molar-refractivity contribution in [1.82, 2.24) is 14.8 Å². The lowest BCUT2D eigenvalue weighted by Gasteiger charge is -2.39. The molecule has 0 spiro atoms. The van der Waals surface area contributed by atoms with Crippen LogP contribution in [0.3, 0.4) is 0 Å². The Morgan fingerprint density at radius 1 is 1.26 bits per heavy atom. The summed E-state index contributed by atoms with van der Waals surface area (Å²) in [6.07, 6.45) is 0.809. The zero-order valence-corrected chi connectivity index (χ0v) is 19.0. The smallest absolute Gasteiger partial charge is 0.265 e. The van der Waals surface area contributed by atoms with Gasteiger partial charge in [-0.05, 0) is 25.1 Å². The Morgan fingerprint density at radius 3 is 2.77 bits per heavy atom. The average molecular weight is 464 g/mol. The van der Waals surface area contributed by atoms with Crippen molar-refractivity contribution in [3.63, 3.8) is 0 Å². The normalized spacial score (nSPS) is 21.7. The molecule has 0 unspecified atom stereocenters. The van der Waals surface area contributed by atoms with Gasteiger partial charge in [-0.25, -0.2) is 4.98 Å². The van der Waals surface area contributed by atoms with E-state index in [1.807, 2.05) is 28.9 Å². The van der Waals surface area contributed by atoms with Gasteiger partial charge >= 0.3 is 0 Å². The van der Waals surface area contributed by atoms with E-state index >= 15 is 0 Å². The molecule has 0 bridgehead atoms. The molecule has 3 heterocycles. The molecular weight excluding hydrogens is 438 g/mol. The standard InChI is InChI=1S/C22H26ClN3O4S/c1-15-21(31-14-24-15)22(28)26-6-5-19(30-18-4-2-3-17(23)12-18)16(13-26)11-20(27)25-7-9-29-10-8-25/h2-4,12,14,16,19H,5-11,13H2,1H3/t16-,19-/m0/s1. The lowest BCUT2D eigenvalue weighted by Crippen LogP contribution is -2.50. The molecule has 2 aliphatic rings. The van der Waals surface area contributed by atoms with E-state index in [1.54, 1.807) is 17.6 Å². The van der Waals surface area contributed by atoms with Crippen LogP contribution in [0.25, 0.3) is 0 Å². The Kier molecular flexibility index (Phi) is 7.09. The van der Waals surface area contributed by atoms with Crippen molar-refractivity contribution in [3.8, 4) is 5.75 Å². The van der Waals surface area contributed by atoms with E-state index in [1.165, 1.54) is 11.3 Å². The van der Waals surface area contributed by atoms with Crippen molar-refractivity contribution in [2.75, 3.05) is 39.4 Å². The first-order valence-corrected chi connectivity index (χ1v) is 11.7. The zero-order valence-electron chi connectivity index (χ0n) is 17.5. The largest absolute Gasteiger partial charge is 0.490 e. The Balaban J connectivity index is 1.49. The number of hydrogen-bond acceptors (Lipinski definition) is 6. The maximum Gasteiger partial charge on any atom is 0.265 e. The summed E-state index contributed by atoms with van der Waals surface area (Å²) >= 11 is 7.47. The third-order valence-corrected chi connectivity index (χ3v) is 6.93. The molecule has 31 heavy (non-hydrogen) atoms. The lowest BCUT2D eigenvalue weighted by molar-refractivity contribution is -0.137. The van der Waals surface area contributed by atoms with E-state index in [9.17, 15) is 9.59 Å². The second-order valence-electron chi connectivity index (χ2n) is 7.88. The van der Waals surface area contributed by atoms with Gasteiger partial charge in [-0.2, -0.15) is 0 Å². The number of benzene rings is 1. The molecule has 2 aliphatic heterocycles. The van der Waals surface area contributed by atoms with Crippen LogP contribution in [0.5, 0.6) is 5.75 Å². The van der Waals surface area contributed by atoms with Crippen LogP contribution >= 0.6 is 22.9 Å². The van der Waals surface area contributed by atoms with Gasteiger partial charge in [0, 0.05) is 50.0 Å². The quantitative estimate of drug-likeness (QED) is 0.680. The molecule has 9 heteroatoms. The highest BCUT2D eigenvalue weighted by Gasteiger charge is 2.36. The fourth-order valence-corrected chi connectivity index (χ4v) is 5.03. The van der Waals surface area contributed by atoms with Crippen molar-refractivity contribution in [3.05, 3.63) is 45.4 Å². The second kappa shape index (κ2) is 9.97. The van der Waals surface area contributed by atoms with E-state index < -0.39 is 0 Å². The molecule has 0 aliphatic carbocycles. The molecule has 2 fully saturated rings. The molecule has 166 valence electrons. The van der Waals surface area contributed by atoms with Crippen molar-refractivity contribution in [2.24, 2.45) is 5.92 Å². The summed E-state index contributed by atoms with van der Waals surface area (Å²) in [4.78, 5) is 34.5. The number of hydrogen-bond donors (Lipinski definition) is 0. The summed E-state index contributed by atoms with van der Waals surface area (Å²) in [7, 11) is 0. The SMILES string of the molecule is Cc1ncsc1C(=O)N1CC[C@H](Oc2cccc(Cl)c2)[C@@H](CC(=O)N2CCOCC2)C1. The van der Waals surface area contributed by atoms with Gasteiger partial charge in [-0.1, -0.05) is 17.7 Å². The maximum atomic E-state index is 13.1. The predicted molar refractivity (Wildman–Crippen MR) is 119 cm³/mol. The monoisotopic (exact) mass is 463 g/mol. The molecule has 7 nitrogen and oxygen atoms in total. The number of nitrogens with zero attached hydrogens (tertiary/aromatic N) is 3. The topological polar surface area (TPSA) is 72.0 Å². The molecule has 2 aromatic rings. The fourth-order valence-electron chi connectivity index (χ4n) is 4.08. The average Bonchev–Trinajstić information content (AvgIpc) is 3.21. The van der Waals surface area contributed by atoms with Crippen LogP contribution in [0.4, 0.5) is 0 Å². The number of ether oxygens (including phenoxy) is 2. The minimum absolute atomic E-state index is 0.0231. The van der Waals surface area contributed by atoms with Crippen LogP contribution in [0.15, 0.2) is 29.8 Å². The summed E-state index contributed by atoms with van der Waals surface area (Å²) < 4.78 is 11.6. The number of thiazole rings is 1. The molecule has 1 aromatic carbocycles. The first kappa shape index (κ1) is 22.0. The highest BCUT2D eigenvalue weighted by Crippen LogP contribution is 2.29. The fraction of sp³-hybridized carbons (Fsp3) is 0.500. The number of carbonyl (C=O) groups excluding carboxylic acids is 2. The molecule has 2 saturated heterocycles. The number of aromatic nitrogens is 1. The zero-order chi connectivity index (χ0) is 21.8. The van der Waals surface area contributed by atoms with E-state index in [0.29, 0.717) is 67.9 Å². The highest BCUT2D eigenvalue weighted by molar-refractivity contribution is 7.11. The van der Waals surface area contributed by atoms with Crippen LogP contribution in [-0.4, -0.2) is 72.1 Å². The number of piperidine rings is 1. The van der Waals surface area contributed by atoms with E-state index in [2.05, 4.69) is 4.98 Å². The van der Waals surface area contributed by atoms with Gasteiger partial charge in [-0.3, -0.25) is 9.59 Å². The van der Waals surface area contributed by atoms with E-state index in [0.717, 1.165) is 5.69 Å². The van der Waals surface area contributed by atoms with Crippen LogP contribution in [0.1, 0.15) is 28.2 Å². The van der Waals surface area contributed by atoms with Crippen LogP contribution in [-0.2, 0) is 9.53 Å². The molecule has 1 aromatic heterocycles. The number of amides is 2. The van der Waals surface area contributed by atoms with E-state index in [4.69, 9.17) is 21.1 Å². The Labute approximate surface area is 190 Å². The van der Waals surface area contributed by atoms with Gasteiger partial charge in [-0.15, -0.1) is 11.3 Å². The van der Waals surface area contributed by atoms with Crippen molar-refractivity contribution in [1.29, 1.82) is 0 Å². The van der Waals surface area contributed by atoms with Crippen molar-refractivity contribution >= 4 is 34.8 Å². The third kappa shape index (κ3) is 5.37. The van der Waals surface area contributed by atoms with Gasteiger partial charge in [0.2, 0.25) is 5.91 Å². The van der Waals surface area contributed by atoms with Gasteiger partial charge in [0.15, 0.2) is 0 Å². The first-order valence-electron chi connectivity index (χ1n) is 10.5. The highest BCUT2D eigenvalue weighted by atomic mass is 35.5. The number of likely N-dealkylation sites (tertiary alicyclic amines) is 1. The second-order valence-corrected chi connectivity index (χ2v) is 9.17. The van der Waals surface area contributed by atoms with Crippen LogP contribution < -0.4 is 4.74 Å². The molecular formula is C22H26ClN3O4S. The number of aryl methyl sites for hydroxylation is 1. The van der Waals surface area contributed by atoms with Gasteiger partial charge in [0.25, 0.3) is 5.91 Å². The summed E-state index contributed by atoms with van der Waals surface area (Å²) in [5.41, 5.74) is 2.44. The molecule has 2 atom stereocenters. The van der Waals surface area contributed by atoms with Gasteiger partial charge < -0.3 is 19.3 Å². The molecule has 2 amide bonds. The number of carbonyl (C=O) groups is 2. The molecule has 0 N–H and O–H groups in total. The number of morpholine rings is 1. The Bertz CT molecular complexity index is 931. The number of rotatable bonds is 5. The van der Waals surface area contributed by atoms with E-state index in [-0.39, 0.29) is 23.8 Å². The summed E-state index contributed by atoms with van der Waals surface area (Å²) in [5.74, 6) is 0.626. The van der Waals surface area contributed by atoms with Crippen LogP contribution in [0, 0.1) is 12.8 Å². The first-order chi connectivity index (χ1) is 15.0. The van der Waals surface area contributed by atoms with Gasteiger partial charge in [0.1, 0.15) is 16.7 Å². The predicted octanol–water partition coefficient (Wildman–Crippen LogP) is 3.26. The Morgan fingerprint density at radius 2 is 2.06 bits per heavy atom. The number of halogens is 1. The van der Waals surface area contributed by atoms with Crippen molar-refractivity contribution in [2.45, 2.75) is 25.9 Å². The van der Waals surface area contributed by atoms with Crippen LogP contribution in [0.2, 0.25) is 5.02 Å². The Hall–Kier alpha value is -2.16. The minimum atomic E-state index is -0.171. The molecule has 0 radical (unpaired) electrons. The summed E-state index contributed by atoms with van der Waals surface area (Å²) in [6, 6.07) is 7.29. The minimum Gasteiger partial charge on any atom is -0.490 e. The third-order valence-electron chi connectivity index (χ3n) is 5.78. The summed E-state index contributed by atoms with van der Waals surface area (Å²) in [5, 5.41) is 0.603. The molecule has 4 rings (SSSR count).